The molecule has 4 heterocycles. The van der Waals surface area contributed by atoms with Crippen LogP contribution in [0.4, 0.5) is 5.82 Å². The number of carbonyl (C=O) groups excluding carboxylic acids is 2. The molecule has 0 aliphatic carbocycles. The summed E-state index contributed by atoms with van der Waals surface area (Å²) in [6.45, 7) is 4.53. The highest BCUT2D eigenvalue weighted by Crippen LogP contribution is 2.30. The molecular weight excluding hydrogens is 380 g/mol. The van der Waals surface area contributed by atoms with Crippen LogP contribution in [-0.2, 0) is 9.59 Å². The molecule has 8 nitrogen and oxygen atoms in total. The topological polar surface area (TPSA) is 91.3 Å². The molecule has 0 unspecified atom stereocenters. The highest BCUT2D eigenvalue weighted by molar-refractivity contribution is 5.89. The van der Waals surface area contributed by atoms with Gasteiger partial charge in [-0.2, -0.15) is 0 Å². The van der Waals surface area contributed by atoms with Crippen LogP contribution >= 0.6 is 0 Å². The normalized spacial score (nSPS) is 21.7. The van der Waals surface area contributed by atoms with Crippen molar-refractivity contribution in [3.05, 3.63) is 36.3 Å². The van der Waals surface area contributed by atoms with Crippen molar-refractivity contribution in [1.29, 1.82) is 0 Å². The highest BCUT2D eigenvalue weighted by Gasteiger charge is 2.37. The monoisotopic (exact) mass is 408 g/mol. The number of rotatable bonds is 5. The highest BCUT2D eigenvalue weighted by atomic mass is 16.2. The van der Waals surface area contributed by atoms with E-state index in [4.69, 9.17) is 4.98 Å². The molecule has 2 aromatic rings. The molecule has 2 aromatic heterocycles. The Morgan fingerprint density at radius 2 is 2.03 bits per heavy atom. The molecule has 30 heavy (non-hydrogen) atoms. The van der Waals surface area contributed by atoms with Crippen LogP contribution < -0.4 is 5.32 Å². The first-order valence-corrected chi connectivity index (χ1v) is 10.6. The molecule has 158 valence electrons. The number of hydrogen-bond donors (Lipinski definition) is 1. The average molecular weight is 409 g/mol. The molecule has 2 aliphatic rings. The molecule has 0 bridgehead atoms. The molecule has 1 N–H and O–H groups in total. The summed E-state index contributed by atoms with van der Waals surface area (Å²) in [5.74, 6) is 1.53. The summed E-state index contributed by atoms with van der Waals surface area (Å²) in [5, 5.41) is 3.12. The minimum Gasteiger partial charge on any atom is -0.373 e. The van der Waals surface area contributed by atoms with Crippen molar-refractivity contribution in [2.45, 2.75) is 32.1 Å². The van der Waals surface area contributed by atoms with Crippen LogP contribution in [0.15, 0.2) is 30.6 Å². The fraction of sp³-hybridized carbons (Fsp3) is 0.500. The van der Waals surface area contributed by atoms with E-state index in [9.17, 15) is 9.59 Å². The van der Waals surface area contributed by atoms with E-state index in [0.717, 1.165) is 36.5 Å². The summed E-state index contributed by atoms with van der Waals surface area (Å²) < 4.78 is 0. The second-order valence-electron chi connectivity index (χ2n) is 7.94. The summed E-state index contributed by atoms with van der Waals surface area (Å²) in [5.41, 5.74) is 1.85. The van der Waals surface area contributed by atoms with E-state index in [-0.39, 0.29) is 23.7 Å². The van der Waals surface area contributed by atoms with Crippen LogP contribution in [0, 0.1) is 5.92 Å². The Morgan fingerprint density at radius 3 is 2.73 bits per heavy atom. The molecule has 4 rings (SSSR count). The minimum absolute atomic E-state index is 0.0841. The summed E-state index contributed by atoms with van der Waals surface area (Å²) in [6, 6.07) is 5.76. The van der Waals surface area contributed by atoms with Gasteiger partial charge < -0.3 is 15.1 Å². The molecule has 0 spiro atoms. The number of piperidine rings is 1. The van der Waals surface area contributed by atoms with Gasteiger partial charge in [0, 0.05) is 69.6 Å². The molecule has 0 aromatic carbocycles. The SMILES string of the molecule is CCN1C[C@H](C(=O)N2CCC[C@H](c3cc(NC)nc(-c4ccncc4)n3)C2)CC1=O. The van der Waals surface area contributed by atoms with E-state index in [2.05, 4.69) is 15.3 Å². The first-order chi connectivity index (χ1) is 14.6. The molecule has 2 atom stereocenters. The molecule has 0 saturated carbocycles. The molecule has 2 saturated heterocycles. The Bertz CT molecular complexity index is 919. The van der Waals surface area contributed by atoms with Gasteiger partial charge in [-0.3, -0.25) is 14.6 Å². The van der Waals surface area contributed by atoms with Crippen molar-refractivity contribution in [2.24, 2.45) is 5.92 Å². The minimum atomic E-state index is -0.221. The van der Waals surface area contributed by atoms with Gasteiger partial charge in [-0.05, 0) is 31.9 Å². The maximum atomic E-state index is 13.1. The number of aromatic nitrogens is 3. The van der Waals surface area contributed by atoms with Crippen LogP contribution in [-0.4, -0.2) is 69.8 Å². The summed E-state index contributed by atoms with van der Waals surface area (Å²) in [4.78, 5) is 42.3. The quantitative estimate of drug-likeness (QED) is 0.815. The molecule has 2 amide bonds. The lowest BCUT2D eigenvalue weighted by atomic mass is 9.93. The second kappa shape index (κ2) is 8.77. The van der Waals surface area contributed by atoms with Gasteiger partial charge in [-0.15, -0.1) is 0 Å². The largest absolute Gasteiger partial charge is 0.373 e. The third kappa shape index (κ3) is 4.13. The van der Waals surface area contributed by atoms with Crippen molar-refractivity contribution >= 4 is 17.6 Å². The fourth-order valence-corrected chi connectivity index (χ4v) is 4.35. The fourth-order valence-electron chi connectivity index (χ4n) is 4.35. The number of hydrogen-bond acceptors (Lipinski definition) is 6. The summed E-state index contributed by atoms with van der Waals surface area (Å²) in [7, 11) is 1.84. The van der Waals surface area contributed by atoms with E-state index >= 15 is 0 Å². The van der Waals surface area contributed by atoms with Crippen LogP contribution in [0.1, 0.15) is 37.8 Å². The third-order valence-corrected chi connectivity index (χ3v) is 6.04. The number of pyridine rings is 1. The summed E-state index contributed by atoms with van der Waals surface area (Å²) >= 11 is 0. The molecular formula is C22H28N6O2. The zero-order valence-electron chi connectivity index (χ0n) is 17.5. The number of likely N-dealkylation sites (tertiary alicyclic amines) is 2. The standard InChI is InChI=1S/C22H28N6O2/c1-3-27-14-17(11-20(27)29)22(30)28-10-4-5-16(13-28)18-12-19(23-2)26-21(25-18)15-6-8-24-9-7-15/h6-9,12,16-17H,3-5,10-11,13-14H2,1-2H3,(H,23,25,26)/t16-,17+/m0/s1. The predicted octanol–water partition coefficient (Wildman–Crippen LogP) is 2.15. The van der Waals surface area contributed by atoms with Gasteiger partial charge in [0.15, 0.2) is 5.82 Å². The van der Waals surface area contributed by atoms with E-state index in [0.29, 0.717) is 31.9 Å². The Labute approximate surface area is 176 Å². The predicted molar refractivity (Wildman–Crippen MR) is 114 cm³/mol. The van der Waals surface area contributed by atoms with Gasteiger partial charge in [0.2, 0.25) is 11.8 Å². The molecule has 2 fully saturated rings. The van der Waals surface area contributed by atoms with Crippen LogP contribution in [0.25, 0.3) is 11.4 Å². The first-order valence-electron chi connectivity index (χ1n) is 10.6. The lowest BCUT2D eigenvalue weighted by molar-refractivity contribution is -0.137. The van der Waals surface area contributed by atoms with Gasteiger partial charge >= 0.3 is 0 Å². The maximum Gasteiger partial charge on any atom is 0.228 e. The lowest BCUT2D eigenvalue weighted by Gasteiger charge is -2.34. The van der Waals surface area contributed by atoms with Crippen LogP contribution in [0.3, 0.4) is 0 Å². The van der Waals surface area contributed by atoms with Crippen molar-refractivity contribution < 1.29 is 9.59 Å². The molecule has 2 aliphatic heterocycles. The molecule has 8 heteroatoms. The van der Waals surface area contributed by atoms with Crippen molar-refractivity contribution in [2.75, 3.05) is 38.5 Å². The number of amides is 2. The van der Waals surface area contributed by atoms with Crippen molar-refractivity contribution in [3.63, 3.8) is 0 Å². The van der Waals surface area contributed by atoms with Gasteiger partial charge in [0.05, 0.1) is 11.6 Å². The lowest BCUT2D eigenvalue weighted by Crippen LogP contribution is -2.43. The third-order valence-electron chi connectivity index (χ3n) is 6.04. The van der Waals surface area contributed by atoms with Crippen LogP contribution in [0.5, 0.6) is 0 Å². The van der Waals surface area contributed by atoms with Gasteiger partial charge in [0.25, 0.3) is 0 Å². The number of carbonyl (C=O) groups is 2. The van der Waals surface area contributed by atoms with Gasteiger partial charge in [0.1, 0.15) is 5.82 Å². The summed E-state index contributed by atoms with van der Waals surface area (Å²) in [6.07, 6.45) is 5.70. The second-order valence-corrected chi connectivity index (χ2v) is 7.94. The first kappa shape index (κ1) is 20.3. The van der Waals surface area contributed by atoms with Crippen LogP contribution in [0.2, 0.25) is 0 Å². The Kier molecular flexibility index (Phi) is 5.92. The molecule has 0 radical (unpaired) electrons. The maximum absolute atomic E-state index is 13.1. The smallest absolute Gasteiger partial charge is 0.228 e. The van der Waals surface area contributed by atoms with E-state index in [1.165, 1.54) is 0 Å². The number of nitrogens with zero attached hydrogens (tertiary/aromatic N) is 5. The zero-order valence-corrected chi connectivity index (χ0v) is 17.5. The Hall–Kier alpha value is -3.03. The Balaban J connectivity index is 1.53. The van der Waals surface area contributed by atoms with Gasteiger partial charge in [-0.25, -0.2) is 9.97 Å². The van der Waals surface area contributed by atoms with Crippen molar-refractivity contribution in [1.82, 2.24) is 24.8 Å². The van der Waals surface area contributed by atoms with Gasteiger partial charge in [-0.1, -0.05) is 0 Å². The van der Waals surface area contributed by atoms with E-state index in [1.807, 2.05) is 37.1 Å². The zero-order chi connectivity index (χ0) is 21.1. The number of anilines is 1. The van der Waals surface area contributed by atoms with Crippen molar-refractivity contribution in [3.8, 4) is 11.4 Å². The van der Waals surface area contributed by atoms with E-state index < -0.39 is 0 Å². The number of nitrogens with one attached hydrogen (secondary N) is 1. The van der Waals surface area contributed by atoms with E-state index in [1.54, 1.807) is 17.3 Å². The average Bonchev–Trinajstić information content (AvgIpc) is 3.19. The Morgan fingerprint density at radius 1 is 1.23 bits per heavy atom.